The Morgan fingerprint density at radius 1 is 0.920 bits per heavy atom. The largest absolute Gasteiger partial charge is 0.496 e. The zero-order valence-electron chi connectivity index (χ0n) is 13.9. The van der Waals surface area contributed by atoms with Crippen LogP contribution in [0.1, 0.15) is 5.69 Å². The molecule has 2 aromatic carbocycles. The lowest BCUT2D eigenvalue weighted by Gasteiger charge is -2.10. The highest BCUT2D eigenvalue weighted by molar-refractivity contribution is 7.92. The third-order valence-corrected chi connectivity index (χ3v) is 5.08. The smallest absolute Gasteiger partial charge is 0.263 e. The summed E-state index contributed by atoms with van der Waals surface area (Å²) in [5, 5.41) is 0. The van der Waals surface area contributed by atoms with Gasteiger partial charge in [-0.3, -0.25) is 4.72 Å². The molecule has 3 aromatic rings. The second-order valence-electron chi connectivity index (χ2n) is 5.49. The normalized spacial score (nSPS) is 11.1. The maximum absolute atomic E-state index is 12.5. The minimum Gasteiger partial charge on any atom is -0.496 e. The maximum Gasteiger partial charge on any atom is 0.263 e. The van der Waals surface area contributed by atoms with Gasteiger partial charge in [-0.05, 0) is 42.8 Å². The summed E-state index contributed by atoms with van der Waals surface area (Å²) in [5.74, 6) is 1.04. The molecule has 0 aliphatic carbocycles. The number of aromatic nitrogens is 1. The van der Waals surface area contributed by atoms with E-state index < -0.39 is 10.0 Å². The van der Waals surface area contributed by atoms with Crippen LogP contribution in [-0.4, -0.2) is 20.5 Å². The van der Waals surface area contributed by atoms with Gasteiger partial charge in [-0.15, -0.1) is 0 Å². The molecule has 1 N–H and O–H groups in total. The lowest BCUT2D eigenvalue weighted by molar-refractivity contribution is 0.416. The summed E-state index contributed by atoms with van der Waals surface area (Å²) < 4.78 is 32.9. The summed E-state index contributed by atoms with van der Waals surface area (Å²) in [6, 6.07) is 19.4. The minimum atomic E-state index is -3.69. The van der Waals surface area contributed by atoms with Crippen LogP contribution in [0.15, 0.2) is 71.6 Å². The molecule has 0 aliphatic rings. The van der Waals surface area contributed by atoms with Gasteiger partial charge >= 0.3 is 0 Å². The van der Waals surface area contributed by atoms with Crippen molar-refractivity contribution >= 4 is 15.8 Å². The van der Waals surface area contributed by atoms with Crippen molar-refractivity contribution in [2.24, 2.45) is 0 Å². The number of sulfonamides is 1. The molecule has 0 saturated carbocycles. The molecule has 0 bridgehead atoms. The number of nitrogens with one attached hydrogen (secondary N) is 1. The van der Waals surface area contributed by atoms with Crippen LogP contribution in [0.4, 0.5) is 5.82 Å². The predicted molar refractivity (Wildman–Crippen MR) is 98.2 cm³/mol. The van der Waals surface area contributed by atoms with E-state index in [0.717, 1.165) is 22.6 Å². The number of rotatable bonds is 5. The molecule has 1 aromatic heterocycles. The van der Waals surface area contributed by atoms with Crippen molar-refractivity contribution in [2.75, 3.05) is 11.8 Å². The second-order valence-corrected chi connectivity index (χ2v) is 7.18. The molecule has 25 heavy (non-hydrogen) atoms. The van der Waals surface area contributed by atoms with E-state index in [-0.39, 0.29) is 4.90 Å². The summed E-state index contributed by atoms with van der Waals surface area (Å²) in [7, 11) is -2.08. The van der Waals surface area contributed by atoms with E-state index in [0.29, 0.717) is 5.82 Å². The third kappa shape index (κ3) is 3.80. The van der Waals surface area contributed by atoms with E-state index in [1.54, 1.807) is 56.5 Å². The van der Waals surface area contributed by atoms with Crippen molar-refractivity contribution in [3.8, 4) is 16.9 Å². The van der Waals surface area contributed by atoms with Crippen molar-refractivity contribution in [3.63, 3.8) is 0 Å². The van der Waals surface area contributed by atoms with Crippen LogP contribution in [0, 0.1) is 6.92 Å². The van der Waals surface area contributed by atoms with E-state index in [4.69, 9.17) is 4.74 Å². The number of benzene rings is 2. The predicted octanol–water partition coefficient (Wildman–Crippen LogP) is 3.87. The molecule has 0 saturated heterocycles. The standard InChI is InChI=1S/C19H18N2O3S/c1-14-6-5-9-19(20-14)21-25(22,23)16-12-10-15(11-13-16)17-7-3-4-8-18(17)24-2/h3-13H,1-2H3,(H,20,21). The highest BCUT2D eigenvalue weighted by Gasteiger charge is 2.15. The third-order valence-electron chi connectivity index (χ3n) is 3.71. The first-order chi connectivity index (χ1) is 12.0. The molecule has 5 nitrogen and oxygen atoms in total. The zero-order valence-corrected chi connectivity index (χ0v) is 14.7. The summed E-state index contributed by atoms with van der Waals surface area (Å²) in [4.78, 5) is 4.34. The molecule has 0 fully saturated rings. The van der Waals surface area contributed by atoms with Crippen molar-refractivity contribution in [2.45, 2.75) is 11.8 Å². The van der Waals surface area contributed by atoms with Crippen LogP contribution in [0.5, 0.6) is 5.75 Å². The van der Waals surface area contributed by atoms with Crippen LogP contribution in [0.25, 0.3) is 11.1 Å². The number of hydrogen-bond acceptors (Lipinski definition) is 4. The summed E-state index contributed by atoms with van der Waals surface area (Å²) in [6.07, 6.45) is 0. The van der Waals surface area contributed by atoms with Crippen LogP contribution in [-0.2, 0) is 10.0 Å². The molecule has 1 heterocycles. The molecule has 0 radical (unpaired) electrons. The van der Waals surface area contributed by atoms with Gasteiger partial charge in [0.15, 0.2) is 0 Å². The molecule has 3 rings (SSSR count). The molecule has 0 spiro atoms. The van der Waals surface area contributed by atoms with Crippen molar-refractivity contribution < 1.29 is 13.2 Å². The van der Waals surface area contributed by atoms with E-state index >= 15 is 0 Å². The Morgan fingerprint density at radius 3 is 2.32 bits per heavy atom. The SMILES string of the molecule is COc1ccccc1-c1ccc(S(=O)(=O)Nc2cccc(C)n2)cc1. The van der Waals surface area contributed by atoms with Gasteiger partial charge in [-0.25, -0.2) is 13.4 Å². The van der Waals surface area contributed by atoms with Gasteiger partial charge in [-0.1, -0.05) is 36.4 Å². The molecule has 0 atom stereocenters. The van der Waals surface area contributed by atoms with E-state index in [1.165, 1.54) is 0 Å². The maximum atomic E-state index is 12.5. The number of anilines is 1. The highest BCUT2D eigenvalue weighted by Crippen LogP contribution is 2.30. The Bertz CT molecular complexity index is 984. The molecular weight excluding hydrogens is 336 g/mol. The summed E-state index contributed by atoms with van der Waals surface area (Å²) in [6.45, 7) is 1.81. The molecule has 0 unspecified atom stereocenters. The van der Waals surface area contributed by atoms with E-state index in [2.05, 4.69) is 9.71 Å². The number of hydrogen-bond donors (Lipinski definition) is 1. The van der Waals surface area contributed by atoms with Crippen molar-refractivity contribution in [1.29, 1.82) is 0 Å². The van der Waals surface area contributed by atoms with Gasteiger partial charge in [0.2, 0.25) is 0 Å². The van der Waals surface area contributed by atoms with Gasteiger partial charge in [0, 0.05) is 11.3 Å². The van der Waals surface area contributed by atoms with Gasteiger partial charge in [-0.2, -0.15) is 0 Å². The molecular formula is C19H18N2O3S. The topological polar surface area (TPSA) is 68.3 Å². The van der Waals surface area contributed by atoms with Gasteiger partial charge in [0.1, 0.15) is 11.6 Å². The van der Waals surface area contributed by atoms with Crippen LogP contribution in [0.2, 0.25) is 0 Å². The molecule has 6 heteroatoms. The Morgan fingerprint density at radius 2 is 1.64 bits per heavy atom. The fraction of sp³-hybridized carbons (Fsp3) is 0.105. The quantitative estimate of drug-likeness (QED) is 0.755. The van der Waals surface area contributed by atoms with Crippen molar-refractivity contribution in [1.82, 2.24) is 4.98 Å². The zero-order chi connectivity index (χ0) is 17.9. The summed E-state index contributed by atoms with van der Waals surface area (Å²) >= 11 is 0. The number of aryl methyl sites for hydroxylation is 1. The first-order valence-corrected chi connectivity index (χ1v) is 9.18. The highest BCUT2D eigenvalue weighted by atomic mass is 32.2. The summed E-state index contributed by atoms with van der Waals surface area (Å²) in [5.41, 5.74) is 2.53. The monoisotopic (exact) mass is 354 g/mol. The minimum absolute atomic E-state index is 0.175. The molecule has 128 valence electrons. The number of methoxy groups -OCH3 is 1. The van der Waals surface area contributed by atoms with Crippen LogP contribution >= 0.6 is 0 Å². The van der Waals surface area contributed by atoms with Gasteiger partial charge in [0.25, 0.3) is 10.0 Å². The molecule has 0 aliphatic heterocycles. The number of para-hydroxylation sites is 1. The van der Waals surface area contributed by atoms with Crippen molar-refractivity contribution in [3.05, 3.63) is 72.4 Å². The van der Waals surface area contributed by atoms with Gasteiger partial charge < -0.3 is 4.74 Å². The van der Waals surface area contributed by atoms with Crippen LogP contribution in [0.3, 0.4) is 0 Å². The van der Waals surface area contributed by atoms with E-state index in [1.807, 2.05) is 24.3 Å². The van der Waals surface area contributed by atoms with Gasteiger partial charge in [0.05, 0.1) is 12.0 Å². The van der Waals surface area contributed by atoms with E-state index in [9.17, 15) is 8.42 Å². The Kier molecular flexibility index (Phi) is 4.72. The Hall–Kier alpha value is -2.86. The Labute approximate surface area is 147 Å². The lowest BCUT2D eigenvalue weighted by atomic mass is 10.1. The number of nitrogens with zero attached hydrogens (tertiary/aromatic N) is 1. The average molecular weight is 354 g/mol. The lowest BCUT2D eigenvalue weighted by Crippen LogP contribution is -2.14. The molecule has 0 amide bonds. The van der Waals surface area contributed by atoms with Crippen LogP contribution < -0.4 is 9.46 Å². The first-order valence-electron chi connectivity index (χ1n) is 7.69. The average Bonchev–Trinajstić information content (AvgIpc) is 2.61. The fourth-order valence-electron chi connectivity index (χ4n) is 2.49. The first kappa shape index (κ1) is 17.0. The number of pyridine rings is 1. The second kappa shape index (κ2) is 6.94. The Balaban J connectivity index is 1.89. The fourth-order valence-corrected chi connectivity index (χ4v) is 3.49. The number of ether oxygens (including phenoxy) is 1.